The highest BCUT2D eigenvalue weighted by molar-refractivity contribution is 7.86. The molecule has 1 saturated carbocycles. The Hall–Kier alpha value is -1.12. The Labute approximate surface area is 120 Å². The van der Waals surface area contributed by atoms with Crippen molar-refractivity contribution in [3.63, 3.8) is 0 Å². The molecule has 1 aliphatic rings. The molecule has 0 heterocycles. The quantitative estimate of drug-likeness (QED) is 0.865. The zero-order chi connectivity index (χ0) is 15.7. The fourth-order valence-electron chi connectivity index (χ4n) is 2.27. The molecule has 0 amide bonds. The highest BCUT2D eigenvalue weighted by atomic mass is 32.2. The smallest absolute Gasteiger partial charge is 0.393 e. The molecule has 0 aromatic heterocycles. The minimum absolute atomic E-state index is 0.162. The molecule has 1 N–H and O–H groups in total. The molecular formula is C13H15F3O4S. The van der Waals surface area contributed by atoms with Gasteiger partial charge in [-0.25, -0.2) is 0 Å². The maximum absolute atomic E-state index is 12.4. The van der Waals surface area contributed by atoms with Crippen LogP contribution in [0.5, 0.6) is 0 Å². The van der Waals surface area contributed by atoms with Gasteiger partial charge in [0.15, 0.2) is 0 Å². The SMILES string of the molecule is O=S(=O)(OCC1CCCC1O)c1ccc(C(F)(F)F)cc1. The van der Waals surface area contributed by atoms with Crippen LogP contribution in [0.3, 0.4) is 0 Å². The molecule has 1 aromatic rings. The fraction of sp³-hybridized carbons (Fsp3) is 0.538. The van der Waals surface area contributed by atoms with Gasteiger partial charge in [0.05, 0.1) is 23.2 Å². The molecule has 0 radical (unpaired) electrons. The molecule has 8 heteroatoms. The second-order valence-electron chi connectivity index (χ2n) is 5.02. The highest BCUT2D eigenvalue weighted by Crippen LogP contribution is 2.30. The average Bonchev–Trinajstić information content (AvgIpc) is 2.81. The molecule has 1 aliphatic carbocycles. The number of hydrogen-bond donors (Lipinski definition) is 1. The minimum atomic E-state index is -4.52. The van der Waals surface area contributed by atoms with E-state index in [0.29, 0.717) is 25.0 Å². The molecule has 0 spiro atoms. The zero-order valence-corrected chi connectivity index (χ0v) is 11.8. The van der Waals surface area contributed by atoms with Crippen LogP contribution in [0.4, 0.5) is 13.2 Å². The Morgan fingerprint density at radius 3 is 2.29 bits per heavy atom. The lowest BCUT2D eigenvalue weighted by Crippen LogP contribution is -2.21. The van der Waals surface area contributed by atoms with Crippen molar-refractivity contribution < 1.29 is 30.9 Å². The summed E-state index contributed by atoms with van der Waals surface area (Å²) in [7, 11) is -4.11. The van der Waals surface area contributed by atoms with Crippen LogP contribution in [0.15, 0.2) is 29.2 Å². The zero-order valence-electron chi connectivity index (χ0n) is 11.0. The maximum Gasteiger partial charge on any atom is 0.416 e. The van der Waals surface area contributed by atoms with Crippen LogP contribution >= 0.6 is 0 Å². The van der Waals surface area contributed by atoms with Crippen molar-refractivity contribution >= 4 is 10.1 Å². The molecule has 1 fully saturated rings. The van der Waals surface area contributed by atoms with E-state index in [1.165, 1.54) is 0 Å². The Morgan fingerprint density at radius 1 is 1.19 bits per heavy atom. The average molecular weight is 324 g/mol. The summed E-state index contributed by atoms with van der Waals surface area (Å²) < 4.78 is 65.8. The third kappa shape index (κ3) is 3.96. The first-order valence-electron chi connectivity index (χ1n) is 6.45. The summed E-state index contributed by atoms with van der Waals surface area (Å²) in [6.45, 7) is -0.162. The third-order valence-electron chi connectivity index (χ3n) is 3.53. The van der Waals surface area contributed by atoms with E-state index in [9.17, 15) is 26.7 Å². The number of hydrogen-bond acceptors (Lipinski definition) is 4. The molecule has 4 nitrogen and oxygen atoms in total. The maximum atomic E-state index is 12.4. The number of alkyl halides is 3. The Bertz CT molecular complexity index is 580. The summed E-state index contributed by atoms with van der Waals surface area (Å²) in [6.07, 6.45) is -3.03. The molecule has 2 atom stereocenters. The molecule has 0 aliphatic heterocycles. The van der Waals surface area contributed by atoms with E-state index in [2.05, 4.69) is 0 Å². The predicted octanol–water partition coefficient (Wildman–Crippen LogP) is 2.57. The lowest BCUT2D eigenvalue weighted by Gasteiger charge is -2.14. The largest absolute Gasteiger partial charge is 0.416 e. The van der Waals surface area contributed by atoms with Gasteiger partial charge in [-0.05, 0) is 37.1 Å². The number of benzene rings is 1. The van der Waals surface area contributed by atoms with E-state index in [0.717, 1.165) is 18.6 Å². The van der Waals surface area contributed by atoms with E-state index < -0.39 is 28.0 Å². The first kappa shape index (κ1) is 16.3. The van der Waals surface area contributed by atoms with Gasteiger partial charge in [0, 0.05) is 5.92 Å². The van der Waals surface area contributed by atoms with Crippen LogP contribution in [-0.2, 0) is 20.5 Å². The van der Waals surface area contributed by atoms with E-state index in [4.69, 9.17) is 4.18 Å². The van der Waals surface area contributed by atoms with Crippen molar-refractivity contribution in [3.8, 4) is 0 Å². The summed E-state index contributed by atoms with van der Waals surface area (Å²) in [5.74, 6) is -0.255. The molecule has 1 aromatic carbocycles. The van der Waals surface area contributed by atoms with E-state index in [-0.39, 0.29) is 17.4 Å². The van der Waals surface area contributed by atoms with Gasteiger partial charge in [-0.15, -0.1) is 0 Å². The van der Waals surface area contributed by atoms with Crippen molar-refractivity contribution in [2.45, 2.75) is 36.4 Å². The first-order chi connectivity index (χ1) is 9.70. The summed E-state index contributed by atoms with van der Waals surface area (Å²) in [4.78, 5) is -0.331. The van der Waals surface area contributed by atoms with Crippen LogP contribution in [0.2, 0.25) is 0 Å². The topological polar surface area (TPSA) is 63.6 Å². The second kappa shape index (κ2) is 5.94. The predicted molar refractivity (Wildman–Crippen MR) is 67.9 cm³/mol. The number of aliphatic hydroxyl groups excluding tert-OH is 1. The van der Waals surface area contributed by atoms with Gasteiger partial charge in [0.2, 0.25) is 0 Å². The number of aliphatic hydroxyl groups is 1. The van der Waals surface area contributed by atoms with Crippen LogP contribution in [-0.4, -0.2) is 26.2 Å². The highest BCUT2D eigenvalue weighted by Gasteiger charge is 2.31. The van der Waals surface area contributed by atoms with Gasteiger partial charge in [0.25, 0.3) is 10.1 Å². The van der Waals surface area contributed by atoms with Gasteiger partial charge in [-0.2, -0.15) is 21.6 Å². The molecular weight excluding hydrogens is 309 g/mol. The third-order valence-corrected chi connectivity index (χ3v) is 4.82. The van der Waals surface area contributed by atoms with Crippen LogP contribution in [0.1, 0.15) is 24.8 Å². The number of rotatable bonds is 4. The molecule has 2 rings (SSSR count). The summed E-state index contributed by atoms with van der Waals surface area (Å²) in [6, 6.07) is 3.12. The Balaban J connectivity index is 2.05. The normalized spacial score (nSPS) is 23.4. The summed E-state index contributed by atoms with van der Waals surface area (Å²) in [5.41, 5.74) is -0.923. The van der Waals surface area contributed by atoms with Gasteiger partial charge in [-0.1, -0.05) is 6.42 Å². The molecule has 21 heavy (non-hydrogen) atoms. The fourth-order valence-corrected chi connectivity index (χ4v) is 3.23. The minimum Gasteiger partial charge on any atom is -0.393 e. The molecule has 118 valence electrons. The first-order valence-corrected chi connectivity index (χ1v) is 7.86. The van der Waals surface area contributed by atoms with E-state index in [1.54, 1.807) is 0 Å². The molecule has 0 bridgehead atoms. The van der Waals surface area contributed by atoms with E-state index in [1.807, 2.05) is 0 Å². The van der Waals surface area contributed by atoms with Crippen molar-refractivity contribution in [1.29, 1.82) is 0 Å². The Morgan fingerprint density at radius 2 is 1.81 bits per heavy atom. The molecule has 2 unspecified atom stereocenters. The lowest BCUT2D eigenvalue weighted by atomic mass is 10.1. The molecule has 0 saturated heterocycles. The van der Waals surface area contributed by atoms with Gasteiger partial charge >= 0.3 is 6.18 Å². The van der Waals surface area contributed by atoms with Gasteiger partial charge < -0.3 is 5.11 Å². The lowest BCUT2D eigenvalue weighted by molar-refractivity contribution is -0.137. The van der Waals surface area contributed by atoms with Crippen LogP contribution in [0.25, 0.3) is 0 Å². The van der Waals surface area contributed by atoms with Gasteiger partial charge in [-0.3, -0.25) is 4.18 Å². The van der Waals surface area contributed by atoms with Crippen LogP contribution in [0, 0.1) is 5.92 Å². The van der Waals surface area contributed by atoms with Gasteiger partial charge in [0.1, 0.15) is 0 Å². The number of halogens is 3. The van der Waals surface area contributed by atoms with Crippen molar-refractivity contribution in [2.24, 2.45) is 5.92 Å². The van der Waals surface area contributed by atoms with E-state index >= 15 is 0 Å². The van der Waals surface area contributed by atoms with Crippen molar-refractivity contribution in [1.82, 2.24) is 0 Å². The standard InChI is InChI=1S/C13H15F3O4S/c14-13(15,16)10-4-6-11(7-5-10)21(18,19)20-8-9-2-1-3-12(9)17/h4-7,9,12,17H,1-3,8H2. The monoisotopic (exact) mass is 324 g/mol. The van der Waals surface area contributed by atoms with Crippen molar-refractivity contribution in [2.75, 3.05) is 6.61 Å². The van der Waals surface area contributed by atoms with Crippen LogP contribution < -0.4 is 0 Å². The summed E-state index contributed by atoms with van der Waals surface area (Å²) in [5, 5.41) is 9.58. The second-order valence-corrected chi connectivity index (χ2v) is 6.63. The summed E-state index contributed by atoms with van der Waals surface area (Å²) >= 11 is 0. The van der Waals surface area contributed by atoms with Crippen molar-refractivity contribution in [3.05, 3.63) is 29.8 Å². The Kier molecular flexibility index (Phi) is 4.60.